The third kappa shape index (κ3) is 5.31. The SMILES string of the molecule is Cc1ccc(OCC2c3ccsc3CCN2C(=O)CN(C(=O)c2cccs2)C(C)(C)C)cc1. The molecule has 1 aliphatic rings. The van der Waals surface area contributed by atoms with Gasteiger partial charge in [0, 0.05) is 17.0 Å². The standard InChI is InChI=1S/C26H30N2O3S2/c1-18-7-9-19(10-8-18)31-17-21-20-12-15-33-22(20)11-13-27(21)24(29)16-28(26(2,3)4)25(30)23-6-5-14-32-23/h5-10,12,14-15,21H,11,13,16-17H2,1-4H3. The maximum absolute atomic E-state index is 13.6. The average Bonchev–Trinajstić information content (AvgIpc) is 3.47. The number of carbonyl (C=O) groups is 2. The first-order chi connectivity index (χ1) is 15.7. The van der Waals surface area contributed by atoms with Crippen LogP contribution in [0.25, 0.3) is 0 Å². The Kier molecular flexibility index (Phi) is 6.91. The van der Waals surface area contributed by atoms with E-state index in [4.69, 9.17) is 4.74 Å². The van der Waals surface area contributed by atoms with Crippen molar-refractivity contribution in [3.8, 4) is 5.75 Å². The maximum Gasteiger partial charge on any atom is 0.264 e. The normalized spacial score (nSPS) is 15.8. The maximum atomic E-state index is 13.6. The lowest BCUT2D eigenvalue weighted by atomic mass is 9.99. The molecule has 1 aliphatic heterocycles. The molecule has 4 rings (SSSR count). The molecule has 0 aliphatic carbocycles. The van der Waals surface area contributed by atoms with E-state index in [1.54, 1.807) is 16.2 Å². The van der Waals surface area contributed by atoms with Gasteiger partial charge in [0.2, 0.25) is 5.91 Å². The van der Waals surface area contributed by atoms with E-state index in [2.05, 4.69) is 11.4 Å². The van der Waals surface area contributed by atoms with Gasteiger partial charge in [-0.05, 0) is 74.7 Å². The summed E-state index contributed by atoms with van der Waals surface area (Å²) in [6, 6.07) is 13.6. The van der Waals surface area contributed by atoms with Crippen LogP contribution < -0.4 is 4.74 Å². The molecule has 0 spiro atoms. The second-order valence-electron chi connectivity index (χ2n) is 9.32. The molecule has 0 fully saturated rings. The first-order valence-electron chi connectivity index (χ1n) is 11.1. The van der Waals surface area contributed by atoms with Crippen molar-refractivity contribution in [3.63, 3.8) is 0 Å². The van der Waals surface area contributed by atoms with Gasteiger partial charge in [-0.2, -0.15) is 0 Å². The molecule has 3 heterocycles. The monoisotopic (exact) mass is 482 g/mol. The van der Waals surface area contributed by atoms with Gasteiger partial charge < -0.3 is 14.5 Å². The van der Waals surface area contributed by atoms with Gasteiger partial charge in [0.05, 0.1) is 10.9 Å². The van der Waals surface area contributed by atoms with E-state index in [1.807, 2.05) is 74.4 Å². The summed E-state index contributed by atoms with van der Waals surface area (Å²) in [4.78, 5) is 32.3. The quantitative estimate of drug-likeness (QED) is 0.462. The third-order valence-corrected chi connectivity index (χ3v) is 7.78. The summed E-state index contributed by atoms with van der Waals surface area (Å²) in [5, 5.41) is 3.97. The predicted molar refractivity (Wildman–Crippen MR) is 134 cm³/mol. The molecule has 0 saturated carbocycles. The van der Waals surface area contributed by atoms with Crippen molar-refractivity contribution in [3.05, 3.63) is 74.1 Å². The fourth-order valence-electron chi connectivity index (χ4n) is 4.06. The van der Waals surface area contributed by atoms with Gasteiger partial charge in [-0.25, -0.2) is 0 Å². The van der Waals surface area contributed by atoms with Crippen molar-refractivity contribution in [2.45, 2.75) is 45.7 Å². The van der Waals surface area contributed by atoms with Gasteiger partial charge in [0.25, 0.3) is 5.91 Å². The van der Waals surface area contributed by atoms with Crippen LogP contribution >= 0.6 is 22.7 Å². The summed E-state index contributed by atoms with van der Waals surface area (Å²) in [5.74, 6) is 0.635. The van der Waals surface area contributed by atoms with Gasteiger partial charge in [0.1, 0.15) is 18.9 Å². The Labute approximate surface area is 203 Å². The molecule has 5 nitrogen and oxygen atoms in total. The molecule has 2 amide bonds. The van der Waals surface area contributed by atoms with E-state index in [0.717, 1.165) is 17.7 Å². The molecule has 1 unspecified atom stereocenters. The number of rotatable bonds is 6. The molecule has 1 atom stereocenters. The lowest BCUT2D eigenvalue weighted by Gasteiger charge is -2.40. The van der Waals surface area contributed by atoms with Crippen LogP contribution in [0.5, 0.6) is 5.75 Å². The van der Waals surface area contributed by atoms with Crippen LogP contribution in [0.15, 0.2) is 53.2 Å². The van der Waals surface area contributed by atoms with Crippen molar-refractivity contribution in [1.82, 2.24) is 9.80 Å². The zero-order chi connectivity index (χ0) is 23.6. The minimum Gasteiger partial charge on any atom is -0.491 e. The molecule has 1 aromatic carbocycles. The minimum atomic E-state index is -0.478. The van der Waals surface area contributed by atoms with Crippen LogP contribution in [0.2, 0.25) is 0 Å². The fraction of sp³-hybridized carbons (Fsp3) is 0.385. The number of hydrogen-bond donors (Lipinski definition) is 0. The van der Waals surface area contributed by atoms with Crippen molar-refractivity contribution in [1.29, 1.82) is 0 Å². The minimum absolute atomic E-state index is 0.0424. The van der Waals surface area contributed by atoms with Gasteiger partial charge in [0.15, 0.2) is 0 Å². The molecule has 2 aromatic heterocycles. The van der Waals surface area contributed by atoms with E-state index in [9.17, 15) is 9.59 Å². The topological polar surface area (TPSA) is 49.9 Å². The van der Waals surface area contributed by atoms with Crippen molar-refractivity contribution in [2.75, 3.05) is 19.7 Å². The summed E-state index contributed by atoms with van der Waals surface area (Å²) in [6.45, 7) is 9.00. The van der Waals surface area contributed by atoms with Crippen LogP contribution in [0.4, 0.5) is 0 Å². The Balaban J connectivity index is 1.54. The molecular formula is C26H30N2O3S2. The van der Waals surface area contributed by atoms with Crippen molar-refractivity contribution >= 4 is 34.5 Å². The van der Waals surface area contributed by atoms with Gasteiger partial charge >= 0.3 is 0 Å². The molecular weight excluding hydrogens is 452 g/mol. The van der Waals surface area contributed by atoms with Gasteiger partial charge in [-0.3, -0.25) is 9.59 Å². The van der Waals surface area contributed by atoms with E-state index in [1.165, 1.54) is 21.8 Å². The third-order valence-electron chi connectivity index (χ3n) is 5.92. The number of amides is 2. The number of nitrogens with zero attached hydrogens (tertiary/aromatic N) is 2. The van der Waals surface area contributed by atoms with Crippen LogP contribution in [0, 0.1) is 6.92 Å². The summed E-state index contributed by atoms with van der Waals surface area (Å²) in [6.07, 6.45) is 0.828. The summed E-state index contributed by atoms with van der Waals surface area (Å²) in [5.41, 5.74) is 1.85. The van der Waals surface area contributed by atoms with Crippen LogP contribution in [-0.2, 0) is 11.2 Å². The number of carbonyl (C=O) groups excluding carboxylic acids is 2. The molecule has 33 heavy (non-hydrogen) atoms. The molecule has 0 N–H and O–H groups in total. The average molecular weight is 483 g/mol. The number of aryl methyl sites for hydroxylation is 1. The van der Waals surface area contributed by atoms with Crippen LogP contribution in [0.1, 0.15) is 52.5 Å². The van der Waals surface area contributed by atoms with Crippen molar-refractivity contribution < 1.29 is 14.3 Å². The zero-order valence-electron chi connectivity index (χ0n) is 19.5. The number of thiophene rings is 2. The number of hydrogen-bond acceptors (Lipinski definition) is 5. The number of fused-ring (bicyclic) bond motifs is 1. The highest BCUT2D eigenvalue weighted by atomic mass is 32.1. The smallest absolute Gasteiger partial charge is 0.264 e. The summed E-state index contributed by atoms with van der Waals surface area (Å²) in [7, 11) is 0. The first-order valence-corrected chi connectivity index (χ1v) is 12.9. The molecule has 0 radical (unpaired) electrons. The Hall–Kier alpha value is -2.64. The highest BCUT2D eigenvalue weighted by molar-refractivity contribution is 7.12. The largest absolute Gasteiger partial charge is 0.491 e. The molecule has 0 bridgehead atoms. The van der Waals surface area contributed by atoms with Crippen molar-refractivity contribution in [2.24, 2.45) is 0 Å². The van der Waals surface area contributed by atoms with Gasteiger partial charge in [-0.15, -0.1) is 22.7 Å². The number of ether oxygens (including phenoxy) is 1. The lowest BCUT2D eigenvalue weighted by Crippen LogP contribution is -2.53. The van der Waals surface area contributed by atoms with Crippen LogP contribution in [0.3, 0.4) is 0 Å². The highest BCUT2D eigenvalue weighted by Gasteiger charge is 2.36. The zero-order valence-corrected chi connectivity index (χ0v) is 21.2. The predicted octanol–water partition coefficient (Wildman–Crippen LogP) is 5.56. The van der Waals surface area contributed by atoms with E-state index in [0.29, 0.717) is 18.0 Å². The molecule has 7 heteroatoms. The highest BCUT2D eigenvalue weighted by Crippen LogP contribution is 2.34. The van der Waals surface area contributed by atoms with E-state index >= 15 is 0 Å². The summed E-state index contributed by atoms with van der Waals surface area (Å²) < 4.78 is 6.12. The Morgan fingerprint density at radius 1 is 1.09 bits per heavy atom. The fourth-order valence-corrected chi connectivity index (χ4v) is 5.66. The Morgan fingerprint density at radius 2 is 1.85 bits per heavy atom. The molecule has 3 aromatic rings. The van der Waals surface area contributed by atoms with E-state index < -0.39 is 5.54 Å². The Morgan fingerprint density at radius 3 is 2.52 bits per heavy atom. The second-order valence-corrected chi connectivity index (χ2v) is 11.3. The first kappa shape index (κ1) is 23.5. The molecule has 0 saturated heterocycles. The molecule has 174 valence electrons. The Bertz CT molecular complexity index is 1100. The van der Waals surface area contributed by atoms with E-state index in [-0.39, 0.29) is 24.4 Å². The van der Waals surface area contributed by atoms with Crippen LogP contribution in [-0.4, -0.2) is 46.8 Å². The lowest BCUT2D eigenvalue weighted by molar-refractivity contribution is -0.136. The second kappa shape index (κ2) is 9.69. The van der Waals surface area contributed by atoms with Gasteiger partial charge in [-0.1, -0.05) is 23.8 Å². The number of benzene rings is 1. The summed E-state index contributed by atoms with van der Waals surface area (Å²) >= 11 is 3.13.